The van der Waals surface area contributed by atoms with Crippen LogP contribution in [0.15, 0.2) is 76.0 Å². The smallest absolute Gasteiger partial charge is 0.353 e. The molecule has 29 heavy (non-hydrogen) atoms. The van der Waals surface area contributed by atoms with Gasteiger partial charge in [0.05, 0.1) is 17.7 Å². The molecule has 1 aromatic heterocycles. The molecule has 0 aliphatic rings. The fourth-order valence-corrected chi connectivity index (χ4v) is 3.67. The standard InChI is InChI=1S/C20H18N2O5S2/c1-2-26-16-9-11-18(12-10-16)29(24,25)22-21-14-15-5-7-17(8-6-15)27-20(23)19-4-3-13-28-19/h3-14,22H,2H2,1H3/b21-14+. The number of nitrogens with one attached hydrogen (secondary N) is 1. The minimum absolute atomic E-state index is 0.0777. The molecule has 9 heteroatoms. The molecular weight excluding hydrogens is 412 g/mol. The Kier molecular flexibility index (Phi) is 6.63. The Morgan fingerprint density at radius 1 is 1.07 bits per heavy atom. The lowest BCUT2D eigenvalue weighted by Gasteiger charge is -2.06. The van der Waals surface area contributed by atoms with Gasteiger partial charge in [-0.25, -0.2) is 9.63 Å². The molecule has 7 nitrogen and oxygen atoms in total. The summed E-state index contributed by atoms with van der Waals surface area (Å²) < 4.78 is 35.1. The van der Waals surface area contributed by atoms with Crippen LogP contribution in [-0.2, 0) is 10.0 Å². The van der Waals surface area contributed by atoms with Crippen LogP contribution in [0.1, 0.15) is 22.2 Å². The van der Waals surface area contributed by atoms with Crippen molar-refractivity contribution in [3.05, 3.63) is 76.5 Å². The number of carbonyl (C=O) groups excluding carboxylic acids is 1. The average Bonchev–Trinajstić information content (AvgIpc) is 3.25. The second-order valence-corrected chi connectivity index (χ2v) is 8.30. The van der Waals surface area contributed by atoms with E-state index < -0.39 is 16.0 Å². The number of carbonyl (C=O) groups is 1. The first-order chi connectivity index (χ1) is 14.0. The Bertz CT molecular complexity index is 1070. The van der Waals surface area contributed by atoms with E-state index in [0.29, 0.717) is 28.5 Å². The van der Waals surface area contributed by atoms with E-state index in [1.54, 1.807) is 53.9 Å². The summed E-state index contributed by atoms with van der Waals surface area (Å²) in [5, 5.41) is 5.58. The summed E-state index contributed by atoms with van der Waals surface area (Å²) in [6.07, 6.45) is 1.36. The van der Waals surface area contributed by atoms with Crippen LogP contribution < -0.4 is 14.3 Å². The number of benzene rings is 2. The van der Waals surface area contributed by atoms with Crippen LogP contribution in [0.25, 0.3) is 0 Å². The van der Waals surface area contributed by atoms with Crippen molar-refractivity contribution in [3.63, 3.8) is 0 Å². The molecule has 1 N–H and O–H groups in total. The van der Waals surface area contributed by atoms with Crippen molar-refractivity contribution in [3.8, 4) is 11.5 Å². The van der Waals surface area contributed by atoms with E-state index in [-0.39, 0.29) is 4.90 Å². The largest absolute Gasteiger partial charge is 0.494 e. The lowest BCUT2D eigenvalue weighted by atomic mass is 10.2. The molecule has 2 aromatic carbocycles. The van der Waals surface area contributed by atoms with E-state index in [2.05, 4.69) is 9.93 Å². The summed E-state index contributed by atoms with van der Waals surface area (Å²) in [4.78, 5) is 14.7. The highest BCUT2D eigenvalue weighted by atomic mass is 32.2. The fraction of sp³-hybridized carbons (Fsp3) is 0.100. The first kappa shape index (κ1) is 20.6. The summed E-state index contributed by atoms with van der Waals surface area (Å²) in [6.45, 7) is 2.35. The van der Waals surface area contributed by atoms with Gasteiger partial charge in [-0.05, 0) is 72.5 Å². The molecule has 0 amide bonds. The van der Waals surface area contributed by atoms with Crippen LogP contribution in [0.5, 0.6) is 11.5 Å². The van der Waals surface area contributed by atoms with Gasteiger partial charge in [0.2, 0.25) is 0 Å². The van der Waals surface area contributed by atoms with Crippen molar-refractivity contribution in [2.45, 2.75) is 11.8 Å². The number of nitrogens with zero attached hydrogens (tertiary/aromatic N) is 1. The second kappa shape index (κ2) is 9.35. The molecule has 3 rings (SSSR count). The highest BCUT2D eigenvalue weighted by Gasteiger charge is 2.12. The van der Waals surface area contributed by atoms with Crippen molar-refractivity contribution < 1.29 is 22.7 Å². The van der Waals surface area contributed by atoms with Crippen LogP contribution >= 0.6 is 11.3 Å². The predicted octanol–water partition coefficient (Wildman–Crippen LogP) is 3.68. The molecule has 0 saturated carbocycles. The van der Waals surface area contributed by atoms with Gasteiger partial charge in [0.15, 0.2) is 0 Å². The average molecular weight is 431 g/mol. The van der Waals surface area contributed by atoms with Crippen LogP contribution in [0, 0.1) is 0 Å². The monoisotopic (exact) mass is 430 g/mol. The molecule has 1 heterocycles. The van der Waals surface area contributed by atoms with Gasteiger partial charge in [0.1, 0.15) is 16.4 Å². The van der Waals surface area contributed by atoms with Gasteiger partial charge in [-0.3, -0.25) is 0 Å². The molecule has 3 aromatic rings. The lowest BCUT2D eigenvalue weighted by molar-refractivity contribution is 0.0740. The van der Waals surface area contributed by atoms with Crippen molar-refractivity contribution in [1.29, 1.82) is 0 Å². The van der Waals surface area contributed by atoms with E-state index >= 15 is 0 Å². The summed E-state index contributed by atoms with van der Waals surface area (Å²) in [5.41, 5.74) is 0.635. The Hall–Kier alpha value is -3.17. The number of hydrogen-bond donors (Lipinski definition) is 1. The first-order valence-electron chi connectivity index (χ1n) is 8.61. The van der Waals surface area contributed by atoms with Gasteiger partial charge in [0, 0.05) is 0 Å². The van der Waals surface area contributed by atoms with Gasteiger partial charge < -0.3 is 9.47 Å². The van der Waals surface area contributed by atoms with E-state index in [9.17, 15) is 13.2 Å². The van der Waals surface area contributed by atoms with Gasteiger partial charge in [-0.15, -0.1) is 11.3 Å². The predicted molar refractivity (Wildman–Crippen MR) is 111 cm³/mol. The third kappa shape index (κ3) is 5.66. The zero-order valence-corrected chi connectivity index (χ0v) is 17.1. The number of rotatable bonds is 8. The first-order valence-corrected chi connectivity index (χ1v) is 11.0. The zero-order chi connectivity index (χ0) is 20.7. The van der Waals surface area contributed by atoms with Crippen LogP contribution in [0.2, 0.25) is 0 Å². The van der Waals surface area contributed by atoms with Crippen molar-refractivity contribution in [2.75, 3.05) is 6.61 Å². The third-order valence-electron chi connectivity index (χ3n) is 3.64. The van der Waals surface area contributed by atoms with E-state index in [0.717, 1.165) is 0 Å². The molecular formula is C20H18N2O5S2. The number of esters is 1. The molecule has 0 aliphatic carbocycles. The normalized spacial score (nSPS) is 11.3. The van der Waals surface area contributed by atoms with Crippen LogP contribution in [-0.4, -0.2) is 27.2 Å². The highest BCUT2D eigenvalue weighted by molar-refractivity contribution is 7.89. The Morgan fingerprint density at radius 3 is 2.38 bits per heavy atom. The van der Waals surface area contributed by atoms with Gasteiger partial charge in [-0.2, -0.15) is 13.5 Å². The van der Waals surface area contributed by atoms with E-state index in [4.69, 9.17) is 9.47 Å². The van der Waals surface area contributed by atoms with Crippen LogP contribution in [0.4, 0.5) is 0 Å². The number of ether oxygens (including phenoxy) is 2. The quantitative estimate of drug-likeness (QED) is 0.255. The molecule has 0 unspecified atom stereocenters. The topological polar surface area (TPSA) is 94.1 Å². The summed E-state index contributed by atoms with van der Waals surface area (Å²) >= 11 is 1.30. The Balaban J connectivity index is 1.58. The maximum absolute atomic E-state index is 12.3. The molecule has 0 spiro atoms. The van der Waals surface area contributed by atoms with Crippen molar-refractivity contribution in [2.24, 2.45) is 5.10 Å². The Labute approximate surface area is 172 Å². The number of hydrogen-bond acceptors (Lipinski definition) is 7. The van der Waals surface area contributed by atoms with Crippen molar-refractivity contribution in [1.82, 2.24) is 4.83 Å². The molecule has 0 atom stereocenters. The molecule has 0 radical (unpaired) electrons. The second-order valence-electron chi connectivity index (χ2n) is 5.69. The molecule has 0 saturated heterocycles. The lowest BCUT2D eigenvalue weighted by Crippen LogP contribution is -2.18. The van der Waals surface area contributed by atoms with Gasteiger partial charge in [0.25, 0.3) is 10.0 Å². The molecule has 0 bridgehead atoms. The number of hydrazone groups is 1. The van der Waals surface area contributed by atoms with E-state index in [1.807, 2.05) is 6.92 Å². The molecule has 0 aliphatic heterocycles. The Morgan fingerprint density at radius 2 is 1.76 bits per heavy atom. The summed E-state index contributed by atoms with van der Waals surface area (Å²) in [7, 11) is -3.78. The minimum Gasteiger partial charge on any atom is -0.494 e. The van der Waals surface area contributed by atoms with Gasteiger partial charge >= 0.3 is 5.97 Å². The third-order valence-corrected chi connectivity index (χ3v) is 5.73. The number of sulfonamides is 1. The maximum Gasteiger partial charge on any atom is 0.353 e. The van der Waals surface area contributed by atoms with E-state index in [1.165, 1.54) is 29.7 Å². The number of thiophene rings is 1. The maximum atomic E-state index is 12.3. The highest BCUT2D eigenvalue weighted by Crippen LogP contribution is 2.17. The summed E-state index contributed by atoms with van der Waals surface area (Å²) in [6, 6.07) is 16.0. The fourth-order valence-electron chi connectivity index (χ4n) is 2.28. The SMILES string of the molecule is CCOc1ccc(S(=O)(=O)N/N=C/c2ccc(OC(=O)c3cccs3)cc2)cc1. The minimum atomic E-state index is -3.78. The van der Waals surface area contributed by atoms with Crippen LogP contribution in [0.3, 0.4) is 0 Å². The summed E-state index contributed by atoms with van der Waals surface area (Å²) in [5.74, 6) is 0.551. The molecule has 150 valence electrons. The zero-order valence-electron chi connectivity index (χ0n) is 15.4. The van der Waals surface area contributed by atoms with Gasteiger partial charge in [-0.1, -0.05) is 6.07 Å². The molecule has 0 fully saturated rings. The van der Waals surface area contributed by atoms with Crippen molar-refractivity contribution >= 4 is 33.5 Å².